The maximum Gasteiger partial charge on any atom is 0.0438 e. The molecule has 1 atom stereocenters. The van der Waals surface area contributed by atoms with Crippen LogP contribution in [0.5, 0.6) is 0 Å². The van der Waals surface area contributed by atoms with Gasteiger partial charge in [-0.3, -0.25) is 4.90 Å². The minimum atomic E-state index is 0. The summed E-state index contributed by atoms with van der Waals surface area (Å²) in [6, 6.07) is 6.93. The molecule has 1 aliphatic heterocycles. The molecule has 1 fully saturated rings. The number of benzene rings is 1. The number of hydrogen-bond donors (Lipinski definition) is 1. The van der Waals surface area contributed by atoms with Crippen molar-refractivity contribution in [1.82, 2.24) is 10.2 Å². The fraction of sp³-hybridized carbons (Fsp3) is 0.500. The largest absolute Gasteiger partial charge is 0.314 e. The van der Waals surface area contributed by atoms with E-state index in [4.69, 9.17) is 11.6 Å². The van der Waals surface area contributed by atoms with Crippen molar-refractivity contribution < 1.29 is 0 Å². The normalized spacial score (nSPS) is 16.5. The van der Waals surface area contributed by atoms with E-state index in [0.29, 0.717) is 6.04 Å². The van der Waals surface area contributed by atoms with E-state index in [9.17, 15) is 0 Å². The lowest BCUT2D eigenvalue weighted by Gasteiger charge is -2.35. The van der Waals surface area contributed by atoms with Crippen molar-refractivity contribution in [3.05, 3.63) is 47.0 Å². The first-order valence-corrected chi connectivity index (χ1v) is 7.42. The van der Waals surface area contributed by atoms with E-state index < -0.39 is 0 Å². The first-order valence-electron chi connectivity index (χ1n) is 7.04. The van der Waals surface area contributed by atoms with Gasteiger partial charge in [-0.05, 0) is 37.0 Å². The van der Waals surface area contributed by atoms with Gasteiger partial charge in [0.15, 0.2) is 0 Å². The van der Waals surface area contributed by atoms with Gasteiger partial charge in [-0.1, -0.05) is 29.8 Å². The molecule has 2 rings (SSSR count). The molecule has 0 spiro atoms. The Bertz CT molecular complexity index is 432. The van der Waals surface area contributed by atoms with Gasteiger partial charge in [-0.2, -0.15) is 0 Å². The SMILES string of the molecule is C=CCC[C@H](c1ccc(C)c(Cl)c1)N1CCNCC1.Cl.Cl. The summed E-state index contributed by atoms with van der Waals surface area (Å²) in [5.74, 6) is 0. The Kier molecular flexibility index (Phi) is 10.3. The third kappa shape index (κ3) is 5.80. The number of nitrogens with zero attached hydrogens (tertiary/aromatic N) is 1. The lowest BCUT2D eigenvalue weighted by molar-refractivity contribution is 0.166. The molecule has 5 heteroatoms. The standard InChI is InChI=1S/C16H23ClN2.2ClH/c1-3-4-5-16(19-10-8-18-9-11-19)14-7-6-13(2)15(17)12-14;;/h3,6-7,12,16,18H,1,4-5,8-11H2,2H3;2*1H/t16-;;/m1../s1. The lowest BCUT2D eigenvalue weighted by Crippen LogP contribution is -2.45. The molecule has 0 aromatic heterocycles. The Balaban J connectivity index is 0.00000200. The molecule has 0 bridgehead atoms. The van der Waals surface area contributed by atoms with Crippen LogP contribution < -0.4 is 5.32 Å². The van der Waals surface area contributed by atoms with Crippen molar-refractivity contribution in [2.24, 2.45) is 0 Å². The van der Waals surface area contributed by atoms with E-state index in [2.05, 4.69) is 41.9 Å². The van der Waals surface area contributed by atoms with Crippen LogP contribution in [0.2, 0.25) is 5.02 Å². The van der Waals surface area contributed by atoms with Gasteiger partial charge < -0.3 is 5.32 Å². The number of aryl methyl sites for hydroxylation is 1. The van der Waals surface area contributed by atoms with Gasteiger partial charge in [0.2, 0.25) is 0 Å². The van der Waals surface area contributed by atoms with Gasteiger partial charge in [-0.15, -0.1) is 31.4 Å². The molecular formula is C16H25Cl3N2. The van der Waals surface area contributed by atoms with Crippen LogP contribution >= 0.6 is 36.4 Å². The van der Waals surface area contributed by atoms with E-state index in [0.717, 1.165) is 49.6 Å². The molecule has 0 aliphatic carbocycles. The zero-order valence-electron chi connectivity index (χ0n) is 12.5. The predicted molar refractivity (Wildman–Crippen MR) is 97.3 cm³/mol. The number of hydrogen-bond acceptors (Lipinski definition) is 2. The molecule has 1 heterocycles. The molecule has 1 saturated heterocycles. The highest BCUT2D eigenvalue weighted by Crippen LogP contribution is 2.29. The van der Waals surface area contributed by atoms with Crippen LogP contribution in [0.15, 0.2) is 30.9 Å². The van der Waals surface area contributed by atoms with Crippen molar-refractivity contribution in [3.63, 3.8) is 0 Å². The molecule has 0 radical (unpaired) electrons. The van der Waals surface area contributed by atoms with Crippen LogP contribution in [-0.4, -0.2) is 31.1 Å². The second-order valence-electron chi connectivity index (χ2n) is 5.18. The summed E-state index contributed by atoms with van der Waals surface area (Å²) in [6.45, 7) is 10.3. The van der Waals surface area contributed by atoms with Gasteiger partial charge in [0.05, 0.1) is 0 Å². The highest BCUT2D eigenvalue weighted by atomic mass is 35.5. The monoisotopic (exact) mass is 350 g/mol. The van der Waals surface area contributed by atoms with Crippen LogP contribution in [0.1, 0.15) is 30.0 Å². The minimum absolute atomic E-state index is 0. The molecule has 1 aromatic carbocycles. The third-order valence-corrected chi connectivity index (χ3v) is 4.22. The lowest BCUT2D eigenvalue weighted by atomic mass is 9.98. The van der Waals surface area contributed by atoms with Crippen LogP contribution in [0.4, 0.5) is 0 Å². The van der Waals surface area contributed by atoms with Gasteiger partial charge in [0.1, 0.15) is 0 Å². The van der Waals surface area contributed by atoms with Crippen molar-refractivity contribution in [2.75, 3.05) is 26.2 Å². The highest BCUT2D eigenvalue weighted by molar-refractivity contribution is 6.31. The quantitative estimate of drug-likeness (QED) is 0.791. The average Bonchev–Trinajstić information content (AvgIpc) is 2.44. The minimum Gasteiger partial charge on any atom is -0.314 e. The Hall–Kier alpha value is -0.250. The molecule has 1 aromatic rings. The molecule has 0 saturated carbocycles. The zero-order valence-corrected chi connectivity index (χ0v) is 14.9. The molecule has 21 heavy (non-hydrogen) atoms. The maximum atomic E-state index is 6.28. The van der Waals surface area contributed by atoms with E-state index in [-0.39, 0.29) is 24.8 Å². The van der Waals surface area contributed by atoms with Crippen LogP contribution in [0.3, 0.4) is 0 Å². The molecule has 0 unspecified atom stereocenters. The summed E-state index contributed by atoms with van der Waals surface area (Å²) >= 11 is 6.28. The molecule has 2 nitrogen and oxygen atoms in total. The Labute approximate surface area is 145 Å². The maximum absolute atomic E-state index is 6.28. The van der Waals surface area contributed by atoms with Crippen LogP contribution in [0.25, 0.3) is 0 Å². The second-order valence-corrected chi connectivity index (χ2v) is 5.58. The van der Waals surface area contributed by atoms with Crippen molar-refractivity contribution in [1.29, 1.82) is 0 Å². The van der Waals surface area contributed by atoms with Gasteiger partial charge in [-0.25, -0.2) is 0 Å². The van der Waals surface area contributed by atoms with E-state index in [1.165, 1.54) is 5.56 Å². The molecule has 0 amide bonds. The van der Waals surface area contributed by atoms with Crippen LogP contribution in [0, 0.1) is 6.92 Å². The van der Waals surface area contributed by atoms with Crippen LogP contribution in [-0.2, 0) is 0 Å². The van der Waals surface area contributed by atoms with E-state index in [1.54, 1.807) is 0 Å². The second kappa shape index (κ2) is 10.5. The topological polar surface area (TPSA) is 15.3 Å². The summed E-state index contributed by atoms with van der Waals surface area (Å²) in [5, 5.41) is 4.28. The predicted octanol–water partition coefficient (Wildman–Crippen LogP) is 4.40. The summed E-state index contributed by atoms with van der Waals surface area (Å²) in [6.07, 6.45) is 4.16. The van der Waals surface area contributed by atoms with E-state index >= 15 is 0 Å². The number of halogens is 3. The Morgan fingerprint density at radius 2 is 2.00 bits per heavy atom. The van der Waals surface area contributed by atoms with E-state index in [1.807, 2.05) is 6.08 Å². The fourth-order valence-corrected chi connectivity index (χ4v) is 2.83. The summed E-state index contributed by atoms with van der Waals surface area (Å²) in [5.41, 5.74) is 2.48. The first kappa shape index (κ1) is 20.8. The Morgan fingerprint density at radius 1 is 1.33 bits per heavy atom. The first-order chi connectivity index (χ1) is 9.22. The highest BCUT2D eigenvalue weighted by Gasteiger charge is 2.21. The van der Waals surface area contributed by atoms with Crippen molar-refractivity contribution >= 4 is 36.4 Å². The summed E-state index contributed by atoms with van der Waals surface area (Å²) in [7, 11) is 0. The fourth-order valence-electron chi connectivity index (χ4n) is 2.65. The number of rotatable bonds is 5. The third-order valence-electron chi connectivity index (χ3n) is 3.82. The zero-order chi connectivity index (χ0) is 13.7. The molecule has 120 valence electrons. The molecule has 1 aliphatic rings. The smallest absolute Gasteiger partial charge is 0.0438 e. The number of allylic oxidation sites excluding steroid dienone is 1. The van der Waals surface area contributed by atoms with Gasteiger partial charge in [0, 0.05) is 37.2 Å². The van der Waals surface area contributed by atoms with Crippen molar-refractivity contribution in [3.8, 4) is 0 Å². The summed E-state index contributed by atoms with van der Waals surface area (Å²) in [4.78, 5) is 2.56. The van der Waals surface area contributed by atoms with Crippen molar-refractivity contribution in [2.45, 2.75) is 25.8 Å². The Morgan fingerprint density at radius 3 is 2.57 bits per heavy atom. The molecular weight excluding hydrogens is 327 g/mol. The summed E-state index contributed by atoms with van der Waals surface area (Å²) < 4.78 is 0. The number of nitrogens with one attached hydrogen (secondary N) is 1. The average molecular weight is 352 g/mol. The van der Waals surface area contributed by atoms with Gasteiger partial charge >= 0.3 is 0 Å². The number of piperazine rings is 1. The van der Waals surface area contributed by atoms with Gasteiger partial charge in [0.25, 0.3) is 0 Å². The molecule has 1 N–H and O–H groups in total.